The summed E-state index contributed by atoms with van der Waals surface area (Å²) in [7, 11) is 1.88. The minimum atomic E-state index is 0.530. The van der Waals surface area contributed by atoms with Gasteiger partial charge in [-0.15, -0.1) is 0 Å². The van der Waals surface area contributed by atoms with E-state index in [0.717, 1.165) is 12.0 Å². The van der Waals surface area contributed by atoms with Crippen molar-refractivity contribution in [2.75, 3.05) is 13.6 Å². The number of nitrogens with zero attached hydrogens (tertiary/aromatic N) is 2. The van der Waals surface area contributed by atoms with Crippen LogP contribution in [0.5, 0.6) is 0 Å². The molecule has 0 bridgehead atoms. The topological polar surface area (TPSA) is 39.7 Å². The van der Waals surface area contributed by atoms with Crippen molar-refractivity contribution in [2.24, 2.45) is 4.99 Å². The van der Waals surface area contributed by atoms with E-state index in [-0.39, 0.29) is 0 Å². The summed E-state index contributed by atoms with van der Waals surface area (Å²) in [4.78, 5) is 7.12. The van der Waals surface area contributed by atoms with Crippen molar-refractivity contribution in [1.29, 1.82) is 0 Å². The highest BCUT2D eigenvalue weighted by molar-refractivity contribution is 5.81. The normalized spacial score (nSPS) is 34.4. The molecular weight excluding hydrogens is 284 g/mol. The molecule has 4 atom stereocenters. The molecular formula is C19H28N4. The summed E-state index contributed by atoms with van der Waals surface area (Å²) >= 11 is 0. The molecule has 3 fully saturated rings. The molecule has 124 valence electrons. The summed E-state index contributed by atoms with van der Waals surface area (Å²) in [5, 5.41) is 7.26. The lowest BCUT2D eigenvalue weighted by Gasteiger charge is -2.20. The Morgan fingerprint density at radius 2 is 1.91 bits per heavy atom. The van der Waals surface area contributed by atoms with Gasteiger partial charge in [-0.05, 0) is 38.2 Å². The van der Waals surface area contributed by atoms with Gasteiger partial charge in [0.15, 0.2) is 5.96 Å². The monoisotopic (exact) mass is 312 g/mol. The smallest absolute Gasteiger partial charge is 0.191 e. The zero-order valence-corrected chi connectivity index (χ0v) is 14.2. The quantitative estimate of drug-likeness (QED) is 0.662. The third kappa shape index (κ3) is 3.37. The fourth-order valence-corrected chi connectivity index (χ4v) is 4.04. The van der Waals surface area contributed by atoms with Gasteiger partial charge in [0.05, 0.1) is 0 Å². The fourth-order valence-electron chi connectivity index (χ4n) is 4.04. The number of likely N-dealkylation sites (tertiary alicyclic amines) is 1. The van der Waals surface area contributed by atoms with E-state index in [1.54, 1.807) is 0 Å². The van der Waals surface area contributed by atoms with E-state index in [1.807, 2.05) is 7.05 Å². The number of guanidine groups is 1. The van der Waals surface area contributed by atoms with Crippen LogP contribution in [0.25, 0.3) is 0 Å². The average Bonchev–Trinajstić information content (AvgIpc) is 3.48. The Bertz CT molecular complexity index is 566. The molecule has 4 unspecified atom stereocenters. The van der Waals surface area contributed by atoms with Crippen molar-refractivity contribution in [2.45, 2.75) is 62.7 Å². The van der Waals surface area contributed by atoms with Gasteiger partial charge in [-0.3, -0.25) is 9.89 Å². The second kappa shape index (κ2) is 6.16. The predicted octanol–water partition coefficient (Wildman–Crippen LogP) is 2.33. The SMILES string of the molecule is CN=C(NC1CC(C)N(C2CC2)C1)NC1CC1c1ccccc1. The second-order valence-corrected chi connectivity index (χ2v) is 7.43. The molecule has 1 aliphatic heterocycles. The zero-order valence-electron chi connectivity index (χ0n) is 14.2. The molecule has 2 saturated carbocycles. The molecule has 4 rings (SSSR count). The molecule has 1 heterocycles. The molecule has 1 aromatic rings. The Balaban J connectivity index is 1.29. The lowest BCUT2D eigenvalue weighted by atomic mass is 10.1. The summed E-state index contributed by atoms with van der Waals surface area (Å²) in [6.07, 6.45) is 5.22. The first-order chi connectivity index (χ1) is 11.2. The van der Waals surface area contributed by atoms with Gasteiger partial charge in [0, 0.05) is 43.7 Å². The minimum Gasteiger partial charge on any atom is -0.353 e. The Morgan fingerprint density at radius 3 is 2.61 bits per heavy atom. The van der Waals surface area contributed by atoms with E-state index in [4.69, 9.17) is 0 Å². The molecule has 4 heteroatoms. The van der Waals surface area contributed by atoms with Crippen molar-refractivity contribution < 1.29 is 0 Å². The van der Waals surface area contributed by atoms with Crippen molar-refractivity contribution >= 4 is 5.96 Å². The number of hydrogen-bond donors (Lipinski definition) is 2. The third-order valence-corrected chi connectivity index (χ3v) is 5.54. The van der Waals surface area contributed by atoms with E-state index < -0.39 is 0 Å². The molecule has 1 saturated heterocycles. The van der Waals surface area contributed by atoms with Gasteiger partial charge in [-0.1, -0.05) is 30.3 Å². The number of benzene rings is 1. The summed E-state index contributed by atoms with van der Waals surface area (Å²) in [6, 6.07) is 13.4. The molecule has 4 nitrogen and oxygen atoms in total. The molecule has 1 aromatic carbocycles. The maximum absolute atomic E-state index is 4.45. The van der Waals surface area contributed by atoms with E-state index in [9.17, 15) is 0 Å². The maximum atomic E-state index is 4.45. The number of aliphatic imine (C=N–C) groups is 1. The molecule has 0 aromatic heterocycles. The van der Waals surface area contributed by atoms with Gasteiger partial charge in [0.2, 0.25) is 0 Å². The predicted molar refractivity (Wildman–Crippen MR) is 94.8 cm³/mol. The Kier molecular flexibility index (Phi) is 4.02. The van der Waals surface area contributed by atoms with E-state index >= 15 is 0 Å². The molecule has 23 heavy (non-hydrogen) atoms. The molecule has 3 aliphatic rings. The third-order valence-electron chi connectivity index (χ3n) is 5.54. The van der Waals surface area contributed by atoms with Gasteiger partial charge in [-0.25, -0.2) is 0 Å². The van der Waals surface area contributed by atoms with Crippen LogP contribution in [0.2, 0.25) is 0 Å². The Labute approximate surface area is 139 Å². The van der Waals surface area contributed by atoms with Crippen LogP contribution in [0.4, 0.5) is 0 Å². The number of nitrogens with one attached hydrogen (secondary N) is 2. The standard InChI is InChI=1S/C19H28N4/c1-13-10-15(12-23(13)16-8-9-16)21-19(20-2)22-18-11-17(18)14-6-4-3-5-7-14/h3-7,13,15-18H,8-12H2,1-2H3,(H2,20,21,22). The first kappa shape index (κ1) is 15.0. The van der Waals surface area contributed by atoms with E-state index in [1.165, 1.54) is 37.8 Å². The summed E-state index contributed by atoms with van der Waals surface area (Å²) in [5.74, 6) is 1.61. The lowest BCUT2D eigenvalue weighted by molar-refractivity contribution is 0.256. The van der Waals surface area contributed by atoms with Crippen LogP contribution in [0.1, 0.15) is 44.1 Å². The highest BCUT2D eigenvalue weighted by Gasteiger charge is 2.41. The Morgan fingerprint density at radius 1 is 1.13 bits per heavy atom. The van der Waals surface area contributed by atoms with Crippen LogP contribution in [0.3, 0.4) is 0 Å². The van der Waals surface area contributed by atoms with E-state index in [0.29, 0.717) is 24.0 Å². The van der Waals surface area contributed by atoms with Crippen LogP contribution in [-0.2, 0) is 0 Å². The van der Waals surface area contributed by atoms with Gasteiger partial charge in [0.1, 0.15) is 0 Å². The number of hydrogen-bond acceptors (Lipinski definition) is 2. The van der Waals surface area contributed by atoms with Crippen LogP contribution >= 0.6 is 0 Å². The van der Waals surface area contributed by atoms with E-state index in [2.05, 4.69) is 57.8 Å². The molecule has 2 N–H and O–H groups in total. The average molecular weight is 312 g/mol. The fraction of sp³-hybridized carbons (Fsp3) is 0.632. The van der Waals surface area contributed by atoms with Crippen molar-refractivity contribution in [1.82, 2.24) is 15.5 Å². The minimum absolute atomic E-state index is 0.530. The van der Waals surface area contributed by atoms with Crippen LogP contribution in [-0.4, -0.2) is 48.6 Å². The summed E-state index contributed by atoms with van der Waals surface area (Å²) < 4.78 is 0. The zero-order chi connectivity index (χ0) is 15.8. The summed E-state index contributed by atoms with van der Waals surface area (Å²) in [6.45, 7) is 3.53. The Hall–Kier alpha value is -1.55. The highest BCUT2D eigenvalue weighted by atomic mass is 15.3. The number of rotatable bonds is 4. The van der Waals surface area contributed by atoms with Gasteiger partial charge < -0.3 is 10.6 Å². The first-order valence-corrected chi connectivity index (χ1v) is 9.05. The van der Waals surface area contributed by atoms with Crippen molar-refractivity contribution in [3.63, 3.8) is 0 Å². The van der Waals surface area contributed by atoms with Gasteiger partial charge in [-0.2, -0.15) is 0 Å². The van der Waals surface area contributed by atoms with Crippen LogP contribution < -0.4 is 10.6 Å². The van der Waals surface area contributed by atoms with Crippen molar-refractivity contribution in [3.05, 3.63) is 35.9 Å². The molecule has 0 amide bonds. The molecule has 0 radical (unpaired) electrons. The largest absolute Gasteiger partial charge is 0.353 e. The van der Waals surface area contributed by atoms with Gasteiger partial charge >= 0.3 is 0 Å². The molecule has 0 spiro atoms. The lowest BCUT2D eigenvalue weighted by Crippen LogP contribution is -2.45. The highest BCUT2D eigenvalue weighted by Crippen LogP contribution is 2.40. The molecule has 2 aliphatic carbocycles. The van der Waals surface area contributed by atoms with Crippen molar-refractivity contribution in [3.8, 4) is 0 Å². The summed E-state index contributed by atoms with van der Waals surface area (Å²) in [5.41, 5.74) is 1.44. The maximum Gasteiger partial charge on any atom is 0.191 e. The second-order valence-electron chi connectivity index (χ2n) is 7.43. The van der Waals surface area contributed by atoms with Gasteiger partial charge in [0.25, 0.3) is 0 Å². The van der Waals surface area contributed by atoms with Crippen LogP contribution in [0.15, 0.2) is 35.3 Å². The van der Waals surface area contributed by atoms with Crippen LogP contribution in [0, 0.1) is 0 Å². The first-order valence-electron chi connectivity index (χ1n) is 9.05.